The van der Waals surface area contributed by atoms with Crippen LogP contribution >= 0.6 is 35.3 Å². The standard InChI is InChI=1S/C24H16FN3OS3/c25-19-14-8-7-9-16(19)15-31-23-26-21-20(22(29)28(23)18-12-5-2-6-13-18)32-24(30)27(21)17-10-3-1-4-11-17/h1-14H,15H2. The molecule has 0 spiro atoms. The molecule has 0 fully saturated rings. The monoisotopic (exact) mass is 477 g/mol. The van der Waals surface area contributed by atoms with Crippen molar-refractivity contribution in [2.24, 2.45) is 0 Å². The molecule has 4 nitrogen and oxygen atoms in total. The van der Waals surface area contributed by atoms with E-state index in [2.05, 4.69) is 0 Å². The average molecular weight is 478 g/mol. The van der Waals surface area contributed by atoms with Gasteiger partial charge in [0.15, 0.2) is 14.8 Å². The third kappa shape index (κ3) is 3.81. The summed E-state index contributed by atoms with van der Waals surface area (Å²) in [6.45, 7) is 0. The van der Waals surface area contributed by atoms with Crippen LogP contribution in [-0.4, -0.2) is 14.1 Å². The Hall–Kier alpha value is -3.07. The van der Waals surface area contributed by atoms with E-state index >= 15 is 0 Å². The number of aromatic nitrogens is 3. The summed E-state index contributed by atoms with van der Waals surface area (Å²) >= 11 is 8.16. The smallest absolute Gasteiger partial charge is 0.275 e. The first-order chi connectivity index (χ1) is 15.6. The number of hydrogen-bond donors (Lipinski definition) is 0. The normalized spacial score (nSPS) is 11.2. The van der Waals surface area contributed by atoms with Gasteiger partial charge in [0, 0.05) is 11.4 Å². The number of rotatable bonds is 5. The van der Waals surface area contributed by atoms with E-state index in [0.29, 0.717) is 36.5 Å². The van der Waals surface area contributed by atoms with Crippen LogP contribution in [0.5, 0.6) is 0 Å². The van der Waals surface area contributed by atoms with Gasteiger partial charge in [-0.1, -0.05) is 77.7 Å². The first kappa shape index (κ1) is 20.8. The lowest BCUT2D eigenvalue weighted by Gasteiger charge is -2.13. The van der Waals surface area contributed by atoms with Crippen LogP contribution in [0.2, 0.25) is 0 Å². The zero-order valence-corrected chi connectivity index (χ0v) is 19.1. The Balaban J connectivity index is 1.73. The molecule has 0 saturated carbocycles. The van der Waals surface area contributed by atoms with Crippen LogP contribution in [0.25, 0.3) is 21.7 Å². The Labute approximate surface area is 196 Å². The topological polar surface area (TPSA) is 39.8 Å². The van der Waals surface area contributed by atoms with Crippen LogP contribution in [0.3, 0.4) is 0 Å². The van der Waals surface area contributed by atoms with Crippen molar-refractivity contribution in [3.8, 4) is 11.4 Å². The molecule has 0 unspecified atom stereocenters. The summed E-state index contributed by atoms with van der Waals surface area (Å²) in [6, 6.07) is 25.6. The predicted octanol–water partition coefficient (Wildman–Crippen LogP) is 6.40. The van der Waals surface area contributed by atoms with E-state index in [1.165, 1.54) is 29.2 Å². The van der Waals surface area contributed by atoms with E-state index in [-0.39, 0.29) is 11.4 Å². The Morgan fingerprint density at radius 1 is 0.875 bits per heavy atom. The zero-order chi connectivity index (χ0) is 22.1. The van der Waals surface area contributed by atoms with Crippen molar-refractivity contribution < 1.29 is 4.39 Å². The van der Waals surface area contributed by atoms with Crippen LogP contribution in [0, 0.1) is 9.77 Å². The van der Waals surface area contributed by atoms with Crippen molar-refractivity contribution in [3.63, 3.8) is 0 Å². The first-order valence-corrected chi connectivity index (χ1v) is 12.0. The van der Waals surface area contributed by atoms with Gasteiger partial charge in [-0.05, 0) is 48.1 Å². The van der Waals surface area contributed by atoms with E-state index in [4.69, 9.17) is 17.2 Å². The summed E-state index contributed by atoms with van der Waals surface area (Å²) in [5, 5.41) is 0.481. The second-order valence-corrected chi connectivity index (χ2v) is 9.53. The number of thiazole rings is 1. The molecule has 0 N–H and O–H groups in total. The van der Waals surface area contributed by atoms with Crippen LogP contribution in [0.1, 0.15) is 5.56 Å². The third-order valence-electron chi connectivity index (χ3n) is 4.92. The van der Waals surface area contributed by atoms with Crippen molar-refractivity contribution in [1.82, 2.24) is 14.1 Å². The number of hydrogen-bond acceptors (Lipinski definition) is 5. The van der Waals surface area contributed by atoms with Gasteiger partial charge in [0.1, 0.15) is 10.5 Å². The van der Waals surface area contributed by atoms with Crippen molar-refractivity contribution in [2.45, 2.75) is 10.9 Å². The molecule has 158 valence electrons. The number of para-hydroxylation sites is 2. The van der Waals surface area contributed by atoms with Gasteiger partial charge in [-0.3, -0.25) is 13.9 Å². The van der Waals surface area contributed by atoms with Crippen LogP contribution < -0.4 is 5.56 Å². The van der Waals surface area contributed by atoms with Gasteiger partial charge in [0.25, 0.3) is 5.56 Å². The minimum absolute atomic E-state index is 0.192. The number of halogens is 1. The van der Waals surface area contributed by atoms with Crippen LogP contribution in [0.4, 0.5) is 4.39 Å². The molecule has 0 aliphatic rings. The highest BCUT2D eigenvalue weighted by atomic mass is 32.2. The summed E-state index contributed by atoms with van der Waals surface area (Å²) in [4.78, 5) is 18.5. The maximum atomic E-state index is 14.2. The van der Waals surface area contributed by atoms with E-state index in [0.717, 1.165) is 5.69 Å². The highest BCUT2D eigenvalue weighted by molar-refractivity contribution is 7.98. The summed E-state index contributed by atoms with van der Waals surface area (Å²) in [5.74, 6) is 0.0608. The molecule has 2 heterocycles. The second-order valence-electron chi connectivity index (χ2n) is 6.94. The van der Waals surface area contributed by atoms with Crippen molar-refractivity contribution in [2.75, 3.05) is 0 Å². The molecule has 2 aromatic heterocycles. The van der Waals surface area contributed by atoms with Gasteiger partial charge in [0.2, 0.25) is 0 Å². The number of thioether (sulfide) groups is 1. The first-order valence-electron chi connectivity index (χ1n) is 9.79. The Kier molecular flexibility index (Phi) is 5.73. The second kappa shape index (κ2) is 8.82. The van der Waals surface area contributed by atoms with Crippen LogP contribution in [-0.2, 0) is 5.75 Å². The molecular weight excluding hydrogens is 461 g/mol. The lowest BCUT2D eigenvalue weighted by atomic mass is 10.2. The number of nitrogens with zero attached hydrogens (tertiary/aromatic N) is 3. The molecule has 32 heavy (non-hydrogen) atoms. The van der Waals surface area contributed by atoms with Gasteiger partial charge < -0.3 is 0 Å². The minimum Gasteiger partial charge on any atom is -0.275 e. The van der Waals surface area contributed by atoms with Gasteiger partial charge >= 0.3 is 0 Å². The quantitative estimate of drug-likeness (QED) is 0.167. The van der Waals surface area contributed by atoms with Gasteiger partial charge in [-0.2, -0.15) is 0 Å². The number of fused-ring (bicyclic) bond motifs is 1. The summed E-state index contributed by atoms with van der Waals surface area (Å²) in [5.41, 5.74) is 2.42. The molecule has 5 rings (SSSR count). The average Bonchev–Trinajstić information content (AvgIpc) is 3.16. The molecule has 0 amide bonds. The van der Waals surface area contributed by atoms with Gasteiger partial charge in [0.05, 0.1) is 5.69 Å². The molecule has 0 aliphatic carbocycles. The highest BCUT2D eigenvalue weighted by Gasteiger charge is 2.19. The molecule has 5 aromatic rings. The minimum atomic E-state index is -0.280. The molecule has 3 aromatic carbocycles. The molecule has 8 heteroatoms. The van der Waals surface area contributed by atoms with Crippen molar-refractivity contribution in [1.29, 1.82) is 0 Å². The number of benzene rings is 3. The third-order valence-corrected chi connectivity index (χ3v) is 7.26. The fourth-order valence-electron chi connectivity index (χ4n) is 3.40. The zero-order valence-electron chi connectivity index (χ0n) is 16.6. The molecule has 0 aliphatic heterocycles. The molecule has 0 saturated heterocycles. The maximum Gasteiger partial charge on any atom is 0.278 e. The van der Waals surface area contributed by atoms with Crippen molar-refractivity contribution >= 4 is 45.7 Å². The predicted molar refractivity (Wildman–Crippen MR) is 131 cm³/mol. The summed E-state index contributed by atoms with van der Waals surface area (Å²) in [6.07, 6.45) is 0. The molecule has 0 atom stereocenters. The molecular formula is C24H16FN3OS3. The Morgan fingerprint density at radius 2 is 1.47 bits per heavy atom. The van der Waals surface area contributed by atoms with Crippen LogP contribution in [0.15, 0.2) is 94.9 Å². The fourth-order valence-corrected chi connectivity index (χ4v) is 5.69. The lowest BCUT2D eigenvalue weighted by Crippen LogP contribution is -2.21. The lowest BCUT2D eigenvalue weighted by molar-refractivity contribution is 0.617. The maximum absolute atomic E-state index is 14.2. The highest BCUT2D eigenvalue weighted by Crippen LogP contribution is 2.29. The van der Waals surface area contributed by atoms with E-state index < -0.39 is 0 Å². The van der Waals surface area contributed by atoms with E-state index in [1.54, 1.807) is 22.8 Å². The molecule has 0 radical (unpaired) electrons. The van der Waals surface area contributed by atoms with Crippen molar-refractivity contribution in [3.05, 3.63) is 111 Å². The summed E-state index contributed by atoms with van der Waals surface area (Å²) in [7, 11) is 0. The summed E-state index contributed by atoms with van der Waals surface area (Å²) < 4.78 is 18.6. The largest absolute Gasteiger partial charge is 0.278 e. The van der Waals surface area contributed by atoms with E-state index in [9.17, 15) is 9.18 Å². The van der Waals surface area contributed by atoms with Gasteiger partial charge in [-0.25, -0.2) is 9.37 Å². The molecule has 0 bridgehead atoms. The van der Waals surface area contributed by atoms with E-state index in [1.807, 2.05) is 65.2 Å². The van der Waals surface area contributed by atoms with Gasteiger partial charge in [-0.15, -0.1) is 0 Å². The Bertz CT molecular complexity index is 1530. The SMILES string of the molecule is O=c1c2sc(=S)n(-c3ccccc3)c2nc(SCc2ccccc2F)n1-c1ccccc1. The Morgan fingerprint density at radius 3 is 2.12 bits per heavy atom. The fraction of sp³-hybridized carbons (Fsp3) is 0.0417.